The maximum absolute atomic E-state index is 10.7. The summed E-state index contributed by atoms with van der Waals surface area (Å²) in [6.45, 7) is 2.03. The van der Waals surface area contributed by atoms with Crippen molar-refractivity contribution in [2.75, 3.05) is 0 Å². The van der Waals surface area contributed by atoms with Gasteiger partial charge in [-0.1, -0.05) is 12.1 Å². The molecule has 0 saturated carbocycles. The number of hydrogen-bond acceptors (Lipinski definition) is 3. The summed E-state index contributed by atoms with van der Waals surface area (Å²) in [5.74, 6) is -1.08. The fourth-order valence-electron chi connectivity index (χ4n) is 2.03. The molecule has 5 heteroatoms. The number of aromatic nitrogens is 3. The average Bonchev–Trinajstić information content (AvgIpc) is 2.81. The van der Waals surface area contributed by atoms with Crippen molar-refractivity contribution in [3.05, 3.63) is 48.0 Å². The molecular formula is C14H11N3O2. The highest BCUT2D eigenvalue weighted by Crippen LogP contribution is 2.27. The zero-order chi connectivity index (χ0) is 13.4. The van der Waals surface area contributed by atoms with Gasteiger partial charge in [-0.2, -0.15) is 0 Å². The van der Waals surface area contributed by atoms with Crippen LogP contribution in [-0.4, -0.2) is 26.0 Å². The summed E-state index contributed by atoms with van der Waals surface area (Å²) in [6, 6.07) is 6.10. The highest BCUT2D eigenvalue weighted by atomic mass is 16.4. The number of carboxylic acid groups (broad SMARTS) is 1. The van der Waals surface area contributed by atoms with Gasteiger partial charge in [-0.25, -0.2) is 9.78 Å². The van der Waals surface area contributed by atoms with E-state index in [2.05, 4.69) is 21.0 Å². The normalized spacial score (nSPS) is 10.8. The van der Waals surface area contributed by atoms with Crippen LogP contribution < -0.4 is 0 Å². The van der Waals surface area contributed by atoms with Crippen LogP contribution in [-0.2, 0) is 0 Å². The summed E-state index contributed by atoms with van der Waals surface area (Å²) in [7, 11) is 0. The number of aromatic carboxylic acids is 1. The van der Waals surface area contributed by atoms with Crippen LogP contribution >= 0.6 is 0 Å². The van der Waals surface area contributed by atoms with E-state index in [1.165, 1.54) is 18.0 Å². The number of rotatable bonds is 2. The van der Waals surface area contributed by atoms with Crippen molar-refractivity contribution >= 4 is 16.9 Å². The van der Waals surface area contributed by atoms with Gasteiger partial charge in [0.1, 0.15) is 0 Å². The number of aryl methyl sites for hydroxylation is 1. The molecule has 94 valence electrons. The van der Waals surface area contributed by atoms with E-state index in [4.69, 9.17) is 5.11 Å². The lowest BCUT2D eigenvalue weighted by atomic mass is 10.1. The van der Waals surface area contributed by atoms with Crippen LogP contribution in [0, 0.1) is 6.92 Å². The van der Waals surface area contributed by atoms with Gasteiger partial charge >= 0.3 is 5.97 Å². The van der Waals surface area contributed by atoms with E-state index in [-0.39, 0.29) is 5.69 Å². The molecule has 0 spiro atoms. The third-order valence-corrected chi connectivity index (χ3v) is 2.98. The molecule has 0 bridgehead atoms. The van der Waals surface area contributed by atoms with E-state index in [9.17, 15) is 4.79 Å². The van der Waals surface area contributed by atoms with Crippen molar-refractivity contribution < 1.29 is 9.90 Å². The van der Waals surface area contributed by atoms with Gasteiger partial charge in [-0.15, -0.1) is 0 Å². The topological polar surface area (TPSA) is 78.9 Å². The molecule has 3 aromatic rings. The monoisotopic (exact) mass is 253 g/mol. The van der Waals surface area contributed by atoms with Gasteiger partial charge in [0.2, 0.25) is 0 Å². The Morgan fingerprint density at radius 1 is 1.26 bits per heavy atom. The van der Waals surface area contributed by atoms with E-state index in [1.54, 1.807) is 0 Å². The first kappa shape index (κ1) is 11.4. The van der Waals surface area contributed by atoms with E-state index >= 15 is 0 Å². The molecule has 0 aliphatic carbocycles. The molecule has 0 fully saturated rings. The van der Waals surface area contributed by atoms with Gasteiger partial charge < -0.3 is 10.1 Å². The first-order valence-corrected chi connectivity index (χ1v) is 5.78. The number of nitrogens with zero attached hydrogens (tertiary/aromatic N) is 2. The number of nitrogens with one attached hydrogen (secondary N) is 1. The second-order valence-electron chi connectivity index (χ2n) is 4.34. The lowest BCUT2D eigenvalue weighted by Gasteiger charge is -1.99. The smallest absolute Gasteiger partial charge is 0.356 e. The largest absolute Gasteiger partial charge is 0.476 e. The average molecular weight is 253 g/mol. The van der Waals surface area contributed by atoms with Crippen LogP contribution in [0.4, 0.5) is 0 Å². The second-order valence-corrected chi connectivity index (χ2v) is 4.34. The van der Waals surface area contributed by atoms with E-state index in [0.717, 1.165) is 16.5 Å². The highest BCUT2D eigenvalue weighted by molar-refractivity contribution is 5.95. The Labute approximate surface area is 109 Å². The van der Waals surface area contributed by atoms with Crippen LogP contribution in [0.1, 0.15) is 16.1 Å². The van der Waals surface area contributed by atoms with Crippen LogP contribution in [0.15, 0.2) is 36.8 Å². The summed E-state index contributed by atoms with van der Waals surface area (Å²) >= 11 is 0. The fraction of sp³-hybridized carbons (Fsp3) is 0.0714. The predicted molar refractivity (Wildman–Crippen MR) is 71.0 cm³/mol. The van der Waals surface area contributed by atoms with Gasteiger partial charge in [0.25, 0.3) is 0 Å². The summed E-state index contributed by atoms with van der Waals surface area (Å²) in [5.41, 5.74) is 3.71. The molecule has 2 N–H and O–H groups in total. The van der Waals surface area contributed by atoms with Crippen LogP contribution in [0.3, 0.4) is 0 Å². The molecule has 0 unspecified atom stereocenters. The van der Waals surface area contributed by atoms with E-state index in [0.29, 0.717) is 5.69 Å². The van der Waals surface area contributed by atoms with Gasteiger partial charge in [-0.05, 0) is 18.6 Å². The molecule has 0 amide bonds. The van der Waals surface area contributed by atoms with Crippen molar-refractivity contribution in [3.63, 3.8) is 0 Å². The Kier molecular flexibility index (Phi) is 2.52. The molecule has 0 atom stereocenters. The Morgan fingerprint density at radius 2 is 2.11 bits per heavy atom. The molecule has 0 radical (unpaired) electrons. The Balaban J connectivity index is 2.11. The van der Waals surface area contributed by atoms with Crippen molar-refractivity contribution in [1.82, 2.24) is 15.0 Å². The minimum atomic E-state index is -1.08. The lowest BCUT2D eigenvalue weighted by molar-refractivity contribution is 0.0690. The quantitative estimate of drug-likeness (QED) is 0.735. The number of carbonyl (C=O) groups is 1. The Morgan fingerprint density at radius 3 is 2.79 bits per heavy atom. The van der Waals surface area contributed by atoms with Crippen molar-refractivity contribution in [3.8, 4) is 11.3 Å². The van der Waals surface area contributed by atoms with Crippen molar-refractivity contribution in [2.45, 2.75) is 6.92 Å². The first-order chi connectivity index (χ1) is 9.15. The second kappa shape index (κ2) is 4.20. The molecule has 2 aromatic heterocycles. The van der Waals surface area contributed by atoms with Crippen LogP contribution in [0.5, 0.6) is 0 Å². The molecule has 0 aliphatic heterocycles. The van der Waals surface area contributed by atoms with Crippen molar-refractivity contribution in [1.29, 1.82) is 0 Å². The van der Waals surface area contributed by atoms with Crippen LogP contribution in [0.2, 0.25) is 0 Å². The molecule has 19 heavy (non-hydrogen) atoms. The maximum atomic E-state index is 10.7. The zero-order valence-electron chi connectivity index (χ0n) is 10.2. The van der Waals surface area contributed by atoms with Gasteiger partial charge in [0.15, 0.2) is 5.69 Å². The zero-order valence-corrected chi connectivity index (χ0v) is 10.2. The summed E-state index contributed by atoms with van der Waals surface area (Å²) in [5, 5.41) is 9.84. The third-order valence-electron chi connectivity index (χ3n) is 2.98. The number of H-pyrrole nitrogens is 1. The van der Waals surface area contributed by atoms with Crippen molar-refractivity contribution in [2.24, 2.45) is 0 Å². The molecule has 5 nitrogen and oxygen atoms in total. The molecule has 3 rings (SSSR count). The minimum absolute atomic E-state index is 0.0561. The van der Waals surface area contributed by atoms with Gasteiger partial charge in [-0.3, -0.25) is 4.98 Å². The molecule has 0 aliphatic rings. The Bertz CT molecular complexity index is 760. The Hall–Kier alpha value is -2.69. The number of hydrogen-bond donors (Lipinski definition) is 2. The maximum Gasteiger partial charge on any atom is 0.356 e. The molecule has 1 aromatic carbocycles. The molecular weight excluding hydrogens is 242 g/mol. The first-order valence-electron chi connectivity index (χ1n) is 5.78. The number of fused-ring (bicyclic) bond motifs is 1. The third kappa shape index (κ3) is 1.95. The highest BCUT2D eigenvalue weighted by Gasteiger charge is 2.10. The number of aromatic amines is 1. The van der Waals surface area contributed by atoms with Gasteiger partial charge in [0.05, 0.1) is 18.1 Å². The van der Waals surface area contributed by atoms with Gasteiger partial charge in [0, 0.05) is 22.7 Å². The van der Waals surface area contributed by atoms with E-state index < -0.39 is 5.97 Å². The van der Waals surface area contributed by atoms with E-state index in [1.807, 2.05) is 25.3 Å². The molecule has 0 saturated heterocycles. The summed E-state index contributed by atoms with van der Waals surface area (Å²) < 4.78 is 0. The SMILES string of the molecule is Cc1ccc2c(-c3cnc(C(=O)O)cn3)c[nH]c2c1. The van der Waals surface area contributed by atoms with Crippen LogP contribution in [0.25, 0.3) is 22.2 Å². The number of benzene rings is 1. The lowest BCUT2D eigenvalue weighted by Crippen LogP contribution is -2.00. The number of carboxylic acids is 1. The summed E-state index contributed by atoms with van der Waals surface area (Å²) in [6.07, 6.45) is 4.60. The molecule has 2 heterocycles. The standard InChI is InChI=1S/C14H11N3O2/c1-8-2-3-9-10(5-15-11(9)4-8)12-6-17-13(7-16-12)14(18)19/h2-7,15H,1H3,(H,18,19). The fourth-order valence-corrected chi connectivity index (χ4v) is 2.03. The summed E-state index contributed by atoms with van der Waals surface area (Å²) in [4.78, 5) is 22.0. The minimum Gasteiger partial charge on any atom is -0.476 e. The predicted octanol–water partition coefficient (Wildman–Crippen LogP) is 2.63.